The van der Waals surface area contributed by atoms with Gasteiger partial charge in [-0.05, 0) is 47.5 Å². The number of nitrogens with two attached hydrogens (primary N) is 1. The van der Waals surface area contributed by atoms with Crippen molar-refractivity contribution in [3.63, 3.8) is 0 Å². The number of fused-ring (bicyclic) bond motifs is 1. The molecule has 7 heteroatoms. The molecule has 3 aromatic carbocycles. The van der Waals surface area contributed by atoms with Crippen molar-refractivity contribution in [2.45, 2.75) is 0 Å². The average Bonchev–Trinajstić information content (AvgIpc) is 3.24. The van der Waals surface area contributed by atoms with E-state index < -0.39 is 0 Å². The molecule has 0 saturated carbocycles. The molecule has 0 saturated heterocycles. The SMILES string of the molecule is COc1ccc(OC)c(-c2cc(-c3ccc(Cl)cc3)c3c(N)c(C(=O)c4ccccc4)sc3n2)c1. The number of nitrogens with zero attached hydrogens (tertiary/aromatic N) is 1. The summed E-state index contributed by atoms with van der Waals surface area (Å²) in [6.45, 7) is 0. The number of pyridine rings is 1. The molecule has 0 spiro atoms. The maximum atomic E-state index is 13.3. The summed E-state index contributed by atoms with van der Waals surface area (Å²) >= 11 is 7.44. The second kappa shape index (κ2) is 9.41. The normalized spacial score (nSPS) is 10.9. The van der Waals surface area contributed by atoms with Gasteiger partial charge in [0, 0.05) is 21.5 Å². The van der Waals surface area contributed by atoms with E-state index in [1.807, 2.05) is 66.7 Å². The van der Waals surface area contributed by atoms with Crippen molar-refractivity contribution < 1.29 is 14.3 Å². The zero-order chi connectivity index (χ0) is 24.5. The van der Waals surface area contributed by atoms with E-state index >= 15 is 0 Å². The molecule has 0 radical (unpaired) electrons. The molecule has 5 nitrogen and oxygen atoms in total. The smallest absolute Gasteiger partial charge is 0.205 e. The van der Waals surface area contributed by atoms with E-state index in [0.29, 0.717) is 43.2 Å². The Bertz CT molecular complexity index is 1550. The van der Waals surface area contributed by atoms with Crippen molar-refractivity contribution in [3.05, 3.63) is 94.3 Å². The lowest BCUT2D eigenvalue weighted by Gasteiger charge is -2.13. The van der Waals surface area contributed by atoms with Crippen LogP contribution in [0.2, 0.25) is 5.02 Å². The summed E-state index contributed by atoms with van der Waals surface area (Å²) in [4.78, 5) is 19.4. The van der Waals surface area contributed by atoms with Crippen molar-refractivity contribution >= 4 is 44.6 Å². The van der Waals surface area contributed by atoms with Gasteiger partial charge >= 0.3 is 0 Å². The second-order valence-corrected chi connectivity index (χ2v) is 9.28. The van der Waals surface area contributed by atoms with Gasteiger partial charge in [0.15, 0.2) is 0 Å². The number of carbonyl (C=O) groups excluding carboxylic acids is 1. The summed E-state index contributed by atoms with van der Waals surface area (Å²) in [6.07, 6.45) is 0. The zero-order valence-corrected chi connectivity index (χ0v) is 20.6. The van der Waals surface area contributed by atoms with Gasteiger partial charge in [-0.2, -0.15) is 0 Å². The summed E-state index contributed by atoms with van der Waals surface area (Å²) in [6, 6.07) is 24.1. The predicted molar refractivity (Wildman–Crippen MR) is 143 cm³/mol. The van der Waals surface area contributed by atoms with Gasteiger partial charge < -0.3 is 15.2 Å². The van der Waals surface area contributed by atoms with Gasteiger partial charge in [0.1, 0.15) is 21.2 Å². The average molecular weight is 501 g/mol. The first kappa shape index (κ1) is 22.9. The van der Waals surface area contributed by atoms with E-state index in [9.17, 15) is 4.79 Å². The number of halogens is 1. The van der Waals surface area contributed by atoms with Crippen molar-refractivity contribution in [2.24, 2.45) is 0 Å². The van der Waals surface area contributed by atoms with Crippen molar-refractivity contribution in [1.29, 1.82) is 0 Å². The first-order valence-corrected chi connectivity index (χ1v) is 12.0. The van der Waals surface area contributed by atoms with Crippen LogP contribution in [0.4, 0.5) is 5.69 Å². The van der Waals surface area contributed by atoms with Crippen LogP contribution in [0.15, 0.2) is 78.9 Å². The number of hydrogen-bond acceptors (Lipinski definition) is 6. The van der Waals surface area contributed by atoms with Gasteiger partial charge in [-0.1, -0.05) is 54.1 Å². The Hall–Kier alpha value is -3.87. The minimum atomic E-state index is -0.131. The van der Waals surface area contributed by atoms with Crippen LogP contribution < -0.4 is 15.2 Å². The Balaban J connectivity index is 1.79. The van der Waals surface area contributed by atoms with E-state index in [-0.39, 0.29) is 5.78 Å². The molecule has 0 aliphatic rings. The monoisotopic (exact) mass is 500 g/mol. The number of nitrogen functional groups attached to an aromatic ring is 1. The molecule has 0 bridgehead atoms. The topological polar surface area (TPSA) is 74.4 Å². The first-order valence-electron chi connectivity index (χ1n) is 10.8. The van der Waals surface area contributed by atoms with Gasteiger partial charge in [-0.3, -0.25) is 4.79 Å². The fourth-order valence-corrected chi connectivity index (χ4v) is 5.23. The summed E-state index contributed by atoms with van der Waals surface area (Å²) in [5.74, 6) is 1.21. The number of thiophene rings is 1. The Labute approximate surface area is 211 Å². The van der Waals surface area contributed by atoms with E-state index in [2.05, 4.69) is 0 Å². The molecule has 2 heterocycles. The van der Waals surface area contributed by atoms with Gasteiger partial charge in [0.25, 0.3) is 0 Å². The summed E-state index contributed by atoms with van der Waals surface area (Å²) in [5, 5.41) is 1.37. The zero-order valence-electron chi connectivity index (χ0n) is 19.0. The highest BCUT2D eigenvalue weighted by molar-refractivity contribution is 7.21. The van der Waals surface area contributed by atoms with Crippen LogP contribution >= 0.6 is 22.9 Å². The molecule has 0 fully saturated rings. The molecule has 174 valence electrons. The number of methoxy groups -OCH3 is 2. The third kappa shape index (κ3) is 4.22. The molecular formula is C28H21ClN2O3S. The fourth-order valence-electron chi connectivity index (χ4n) is 4.02. The summed E-state index contributed by atoms with van der Waals surface area (Å²) in [7, 11) is 3.23. The van der Waals surface area contributed by atoms with Crippen LogP contribution in [-0.2, 0) is 0 Å². The largest absolute Gasteiger partial charge is 0.497 e. The summed E-state index contributed by atoms with van der Waals surface area (Å²) < 4.78 is 11.0. The highest BCUT2D eigenvalue weighted by Gasteiger charge is 2.23. The van der Waals surface area contributed by atoms with Gasteiger partial charge in [0.05, 0.1) is 25.6 Å². The number of rotatable bonds is 6. The molecular weight excluding hydrogens is 480 g/mol. The van der Waals surface area contributed by atoms with Crippen molar-refractivity contribution in [3.8, 4) is 33.9 Å². The van der Waals surface area contributed by atoms with Crippen LogP contribution in [0.25, 0.3) is 32.6 Å². The molecule has 0 atom stereocenters. The highest BCUT2D eigenvalue weighted by Crippen LogP contribution is 2.43. The molecule has 35 heavy (non-hydrogen) atoms. The predicted octanol–water partition coefficient (Wildman–Crippen LogP) is 7.11. The third-order valence-corrected chi connectivity index (χ3v) is 7.13. The number of ether oxygens (including phenoxy) is 2. The Morgan fingerprint density at radius 3 is 2.34 bits per heavy atom. The molecule has 0 amide bonds. The Morgan fingerprint density at radius 2 is 1.66 bits per heavy atom. The van der Waals surface area contributed by atoms with E-state index in [1.165, 1.54) is 11.3 Å². The molecule has 0 aliphatic heterocycles. The summed E-state index contributed by atoms with van der Waals surface area (Å²) in [5.41, 5.74) is 10.8. The maximum Gasteiger partial charge on any atom is 0.205 e. The molecule has 0 aliphatic carbocycles. The van der Waals surface area contributed by atoms with Gasteiger partial charge in [-0.25, -0.2) is 4.98 Å². The van der Waals surface area contributed by atoms with E-state index in [0.717, 1.165) is 22.1 Å². The van der Waals surface area contributed by atoms with Crippen LogP contribution in [0.5, 0.6) is 11.5 Å². The minimum absolute atomic E-state index is 0.131. The van der Waals surface area contributed by atoms with Crippen molar-refractivity contribution in [1.82, 2.24) is 4.98 Å². The number of aromatic nitrogens is 1. The number of anilines is 1. The minimum Gasteiger partial charge on any atom is -0.497 e. The van der Waals surface area contributed by atoms with Gasteiger partial charge in [0.2, 0.25) is 5.78 Å². The van der Waals surface area contributed by atoms with Crippen LogP contribution in [0.1, 0.15) is 15.2 Å². The molecule has 2 aromatic heterocycles. The van der Waals surface area contributed by atoms with E-state index in [4.69, 9.17) is 31.8 Å². The number of ketones is 1. The molecule has 0 unspecified atom stereocenters. The quantitative estimate of drug-likeness (QED) is 0.251. The van der Waals surface area contributed by atoms with E-state index in [1.54, 1.807) is 26.4 Å². The third-order valence-electron chi connectivity index (χ3n) is 5.78. The fraction of sp³-hybridized carbons (Fsp3) is 0.0714. The number of benzene rings is 3. The first-order chi connectivity index (χ1) is 17.0. The molecule has 5 rings (SSSR count). The van der Waals surface area contributed by atoms with Crippen LogP contribution in [-0.4, -0.2) is 25.0 Å². The highest BCUT2D eigenvalue weighted by atomic mass is 35.5. The number of hydrogen-bond donors (Lipinski definition) is 1. The maximum absolute atomic E-state index is 13.3. The lowest BCUT2D eigenvalue weighted by atomic mass is 9.98. The molecule has 5 aromatic rings. The lowest BCUT2D eigenvalue weighted by molar-refractivity contribution is 0.104. The lowest BCUT2D eigenvalue weighted by Crippen LogP contribution is -2.01. The second-order valence-electron chi connectivity index (χ2n) is 7.85. The number of carbonyl (C=O) groups is 1. The Kier molecular flexibility index (Phi) is 6.16. The standard InChI is InChI=1S/C28H21ClN2O3S/c1-33-19-12-13-23(34-2)21(14-19)22-15-20(16-8-10-18(29)11-9-16)24-25(30)27(35-28(24)31-22)26(32)17-6-4-3-5-7-17/h3-15H,30H2,1-2H3. The van der Waals surface area contributed by atoms with Gasteiger partial charge in [-0.15, -0.1) is 11.3 Å². The molecule has 2 N–H and O–H groups in total. The van der Waals surface area contributed by atoms with Crippen molar-refractivity contribution in [2.75, 3.05) is 20.0 Å². The van der Waals surface area contributed by atoms with Crippen LogP contribution in [0.3, 0.4) is 0 Å². The van der Waals surface area contributed by atoms with Crippen LogP contribution in [0, 0.1) is 0 Å². The Morgan fingerprint density at radius 1 is 0.914 bits per heavy atom.